The van der Waals surface area contributed by atoms with Crippen molar-refractivity contribution in [3.63, 3.8) is 0 Å². The molecule has 0 aliphatic carbocycles. The quantitative estimate of drug-likeness (QED) is 0.191. The summed E-state index contributed by atoms with van der Waals surface area (Å²) in [4.78, 5) is 28.3. The molecule has 4 rings (SSSR count). The van der Waals surface area contributed by atoms with Gasteiger partial charge in [0.2, 0.25) is 0 Å². The van der Waals surface area contributed by atoms with Gasteiger partial charge in [-0.25, -0.2) is 0 Å². The molecule has 1 N–H and O–H groups in total. The lowest BCUT2D eigenvalue weighted by atomic mass is 9.94. The zero-order valence-corrected chi connectivity index (χ0v) is 23.1. The van der Waals surface area contributed by atoms with Crippen LogP contribution in [0, 0.1) is 6.92 Å². The third-order valence-electron chi connectivity index (χ3n) is 6.51. The molecule has 1 atom stereocenters. The Bertz CT molecular complexity index is 1380. The summed E-state index contributed by atoms with van der Waals surface area (Å²) in [6.45, 7) is 8.57. The molecule has 0 bridgehead atoms. The fraction of sp³-hybridized carbons (Fsp3) is 0.312. The van der Waals surface area contributed by atoms with Crippen LogP contribution < -0.4 is 14.2 Å². The number of rotatable bonds is 10. The van der Waals surface area contributed by atoms with E-state index in [1.54, 1.807) is 43.5 Å². The zero-order valence-electron chi connectivity index (χ0n) is 23.1. The number of nitrogens with zero attached hydrogens (tertiary/aromatic N) is 1. The highest BCUT2D eigenvalue weighted by molar-refractivity contribution is 6.46. The fourth-order valence-electron chi connectivity index (χ4n) is 4.67. The largest absolute Gasteiger partial charge is 0.507 e. The molecule has 0 aromatic heterocycles. The number of hydrogen-bond acceptors (Lipinski definition) is 6. The number of carbonyl (C=O) groups excluding carboxylic acids is 2. The number of carbonyl (C=O) groups is 2. The number of ether oxygens (including phenoxy) is 3. The molecule has 39 heavy (non-hydrogen) atoms. The number of aryl methyl sites for hydroxylation is 1. The summed E-state index contributed by atoms with van der Waals surface area (Å²) in [5.41, 5.74) is 2.79. The van der Waals surface area contributed by atoms with E-state index in [-0.39, 0.29) is 24.0 Å². The van der Waals surface area contributed by atoms with Crippen molar-refractivity contribution in [3.05, 3.63) is 94.6 Å². The van der Waals surface area contributed by atoms with Gasteiger partial charge in [0.15, 0.2) is 0 Å². The molecule has 1 heterocycles. The monoisotopic (exact) mass is 529 g/mol. The SMILES string of the molecule is CCCOc1ccc(/C(O)=C2/C(=O)C(=O)N(Cc3ccc(OC(C)C)cc3)C2c2cccc(OC)c2)cc1C. The standard InChI is InChI=1S/C32H35NO6/c1-6-16-38-27-15-12-24(17-21(27)4)30(34)28-29(23-8-7-9-26(18-23)37-5)33(32(36)31(28)35)19-22-10-13-25(14-11-22)39-20(2)3/h7-15,17-18,20,29,34H,6,16,19H2,1-5H3/b30-28-. The van der Waals surface area contributed by atoms with E-state index in [1.165, 1.54) is 4.90 Å². The Morgan fingerprint density at radius 2 is 1.74 bits per heavy atom. The van der Waals surface area contributed by atoms with Crippen molar-refractivity contribution in [1.82, 2.24) is 4.90 Å². The van der Waals surface area contributed by atoms with Crippen LogP contribution >= 0.6 is 0 Å². The normalized spacial score (nSPS) is 16.6. The summed E-state index contributed by atoms with van der Waals surface area (Å²) in [5.74, 6) is 0.386. The third-order valence-corrected chi connectivity index (χ3v) is 6.51. The minimum absolute atomic E-state index is 0.0367. The van der Waals surface area contributed by atoms with Crippen molar-refractivity contribution in [1.29, 1.82) is 0 Å². The lowest BCUT2D eigenvalue weighted by Gasteiger charge is -2.26. The lowest BCUT2D eigenvalue weighted by Crippen LogP contribution is -2.29. The number of aliphatic hydroxyl groups is 1. The zero-order chi connectivity index (χ0) is 28.1. The molecule has 1 saturated heterocycles. The molecular weight excluding hydrogens is 494 g/mol. The Morgan fingerprint density at radius 1 is 1.00 bits per heavy atom. The maximum absolute atomic E-state index is 13.4. The van der Waals surface area contributed by atoms with Gasteiger partial charge in [-0.1, -0.05) is 31.2 Å². The van der Waals surface area contributed by atoms with E-state index >= 15 is 0 Å². The minimum Gasteiger partial charge on any atom is -0.507 e. The second-order valence-electron chi connectivity index (χ2n) is 9.84. The molecule has 1 aliphatic heterocycles. The van der Waals surface area contributed by atoms with Crippen LogP contribution in [0.15, 0.2) is 72.3 Å². The summed E-state index contributed by atoms with van der Waals surface area (Å²) >= 11 is 0. The van der Waals surface area contributed by atoms with Crippen LogP contribution in [0.1, 0.15) is 55.5 Å². The molecule has 1 amide bonds. The molecule has 7 nitrogen and oxygen atoms in total. The van der Waals surface area contributed by atoms with Gasteiger partial charge in [0.1, 0.15) is 23.0 Å². The first-order valence-corrected chi connectivity index (χ1v) is 13.1. The van der Waals surface area contributed by atoms with Gasteiger partial charge in [-0.2, -0.15) is 0 Å². The first-order valence-electron chi connectivity index (χ1n) is 13.1. The molecule has 0 spiro atoms. The number of aliphatic hydroxyl groups excluding tert-OH is 1. The molecule has 3 aromatic carbocycles. The number of likely N-dealkylation sites (tertiary alicyclic amines) is 1. The van der Waals surface area contributed by atoms with Gasteiger partial charge in [-0.05, 0) is 86.3 Å². The Labute approximate surface area is 229 Å². The van der Waals surface area contributed by atoms with E-state index in [0.717, 1.165) is 23.3 Å². The average Bonchev–Trinajstić information content (AvgIpc) is 3.17. The van der Waals surface area contributed by atoms with Gasteiger partial charge in [0, 0.05) is 12.1 Å². The minimum atomic E-state index is -0.803. The maximum Gasteiger partial charge on any atom is 0.295 e. The van der Waals surface area contributed by atoms with E-state index in [4.69, 9.17) is 14.2 Å². The van der Waals surface area contributed by atoms with E-state index in [9.17, 15) is 14.7 Å². The molecule has 204 valence electrons. The van der Waals surface area contributed by atoms with Crippen LogP contribution in [0.2, 0.25) is 0 Å². The van der Waals surface area contributed by atoms with Crippen LogP contribution in [-0.2, 0) is 16.1 Å². The highest BCUT2D eigenvalue weighted by atomic mass is 16.5. The van der Waals surface area contributed by atoms with Crippen molar-refractivity contribution >= 4 is 17.4 Å². The highest BCUT2D eigenvalue weighted by Gasteiger charge is 2.46. The highest BCUT2D eigenvalue weighted by Crippen LogP contribution is 2.41. The predicted octanol–water partition coefficient (Wildman–Crippen LogP) is 6.20. The second-order valence-corrected chi connectivity index (χ2v) is 9.84. The number of methoxy groups -OCH3 is 1. The van der Waals surface area contributed by atoms with E-state index in [0.29, 0.717) is 29.2 Å². The Hall–Kier alpha value is -4.26. The number of amides is 1. The molecule has 0 saturated carbocycles. The predicted molar refractivity (Wildman–Crippen MR) is 150 cm³/mol. The van der Waals surface area contributed by atoms with Crippen LogP contribution in [0.3, 0.4) is 0 Å². The van der Waals surface area contributed by atoms with Crippen molar-refractivity contribution in [2.75, 3.05) is 13.7 Å². The van der Waals surface area contributed by atoms with Gasteiger partial charge < -0.3 is 24.2 Å². The molecule has 1 unspecified atom stereocenters. The average molecular weight is 530 g/mol. The molecule has 7 heteroatoms. The number of hydrogen-bond donors (Lipinski definition) is 1. The summed E-state index contributed by atoms with van der Waals surface area (Å²) in [6.07, 6.45) is 0.913. The van der Waals surface area contributed by atoms with Crippen molar-refractivity contribution < 1.29 is 28.9 Å². The van der Waals surface area contributed by atoms with Crippen molar-refractivity contribution in [2.24, 2.45) is 0 Å². The van der Waals surface area contributed by atoms with E-state index < -0.39 is 17.7 Å². The fourth-order valence-corrected chi connectivity index (χ4v) is 4.67. The van der Waals surface area contributed by atoms with E-state index in [1.807, 2.05) is 58.0 Å². The molecule has 0 radical (unpaired) electrons. The van der Waals surface area contributed by atoms with Crippen LogP contribution in [0.4, 0.5) is 0 Å². The Kier molecular flexibility index (Phi) is 8.59. The second kappa shape index (κ2) is 12.1. The number of ketones is 1. The van der Waals surface area contributed by atoms with Gasteiger partial charge >= 0.3 is 0 Å². The smallest absolute Gasteiger partial charge is 0.295 e. The summed E-state index contributed by atoms with van der Waals surface area (Å²) in [5, 5.41) is 11.5. The molecule has 1 aliphatic rings. The topological polar surface area (TPSA) is 85.3 Å². The van der Waals surface area contributed by atoms with Crippen molar-refractivity contribution in [2.45, 2.75) is 52.8 Å². The van der Waals surface area contributed by atoms with Crippen molar-refractivity contribution in [3.8, 4) is 17.2 Å². The van der Waals surface area contributed by atoms with Crippen LogP contribution in [0.5, 0.6) is 17.2 Å². The van der Waals surface area contributed by atoms with E-state index in [2.05, 4.69) is 0 Å². The van der Waals surface area contributed by atoms with Gasteiger partial charge in [-0.15, -0.1) is 0 Å². The Morgan fingerprint density at radius 3 is 2.38 bits per heavy atom. The van der Waals surface area contributed by atoms with Gasteiger partial charge in [0.05, 0.1) is 31.4 Å². The van der Waals surface area contributed by atoms with Gasteiger partial charge in [0.25, 0.3) is 11.7 Å². The molecular formula is C32H35NO6. The Balaban J connectivity index is 1.77. The van der Waals surface area contributed by atoms with Crippen LogP contribution in [0.25, 0.3) is 5.76 Å². The first kappa shape index (κ1) is 27.8. The number of Topliss-reactive ketones (excluding diaryl/α,β-unsaturated/α-hetero) is 1. The summed E-state index contributed by atoms with van der Waals surface area (Å²) < 4.78 is 16.9. The third kappa shape index (κ3) is 6.08. The number of benzene rings is 3. The van der Waals surface area contributed by atoms with Crippen LogP contribution in [-0.4, -0.2) is 41.5 Å². The molecule has 1 fully saturated rings. The maximum atomic E-state index is 13.4. The van der Waals surface area contributed by atoms with Gasteiger partial charge in [-0.3, -0.25) is 9.59 Å². The summed E-state index contributed by atoms with van der Waals surface area (Å²) in [7, 11) is 1.56. The molecule has 3 aromatic rings. The first-order chi connectivity index (χ1) is 18.7. The lowest BCUT2D eigenvalue weighted by molar-refractivity contribution is -0.140. The summed E-state index contributed by atoms with van der Waals surface area (Å²) in [6, 6.07) is 19.1.